The van der Waals surface area contributed by atoms with Crippen molar-refractivity contribution in [3.05, 3.63) is 134 Å². The van der Waals surface area contributed by atoms with Crippen molar-refractivity contribution in [2.75, 3.05) is 11.5 Å². The number of amides is 1. The molecule has 5 aromatic carbocycles. The summed E-state index contributed by atoms with van der Waals surface area (Å²) in [6.45, 7) is 2.75. The number of hydrogen-bond donors (Lipinski definition) is 0. The number of thioether (sulfide) groups is 1. The zero-order valence-electron chi connectivity index (χ0n) is 23.5. The first-order valence-corrected chi connectivity index (χ1v) is 16.2. The van der Waals surface area contributed by atoms with E-state index in [9.17, 15) is 4.79 Å². The lowest BCUT2D eigenvalue weighted by molar-refractivity contribution is -0.113. The average Bonchev–Trinajstić information content (AvgIpc) is 3.32. The summed E-state index contributed by atoms with van der Waals surface area (Å²) < 4.78 is 13.0. The summed E-state index contributed by atoms with van der Waals surface area (Å²) in [6.07, 6.45) is 1.84. The molecule has 1 saturated heterocycles. The van der Waals surface area contributed by atoms with Crippen LogP contribution in [0.15, 0.2) is 117 Å². The molecule has 1 amide bonds. The Balaban J connectivity index is 1.33. The van der Waals surface area contributed by atoms with E-state index in [0.717, 1.165) is 26.4 Å². The van der Waals surface area contributed by atoms with Crippen molar-refractivity contribution < 1.29 is 14.3 Å². The molecule has 5 nitrogen and oxygen atoms in total. The van der Waals surface area contributed by atoms with Crippen LogP contribution in [0, 0.1) is 0 Å². The fraction of sp³-hybridized carbons (Fsp3) is 0.0857. The topological polar surface area (TPSA) is 51.1 Å². The predicted octanol–water partition coefficient (Wildman–Crippen LogP) is 10.7. The highest BCUT2D eigenvalue weighted by molar-refractivity contribution is 9.10. The summed E-state index contributed by atoms with van der Waals surface area (Å²) in [5, 5.41) is 4.01. The van der Waals surface area contributed by atoms with Gasteiger partial charge in [-0.2, -0.15) is 0 Å². The molecule has 0 spiro atoms. The first kappa shape index (κ1) is 30.3. The Labute approximate surface area is 278 Å². The van der Waals surface area contributed by atoms with Gasteiger partial charge in [-0.15, -0.1) is 0 Å². The van der Waals surface area contributed by atoms with Crippen LogP contribution in [0.1, 0.15) is 18.1 Å². The first-order chi connectivity index (χ1) is 21.4. The van der Waals surface area contributed by atoms with Gasteiger partial charge in [-0.1, -0.05) is 65.7 Å². The highest BCUT2D eigenvalue weighted by Crippen LogP contribution is 2.41. The minimum atomic E-state index is -0.199. The van der Waals surface area contributed by atoms with Crippen molar-refractivity contribution in [3.8, 4) is 11.5 Å². The number of amidine groups is 1. The van der Waals surface area contributed by atoms with Crippen LogP contribution < -0.4 is 14.4 Å². The van der Waals surface area contributed by atoms with E-state index >= 15 is 0 Å². The maximum Gasteiger partial charge on any atom is 0.271 e. The number of fused-ring (bicyclic) bond motifs is 1. The van der Waals surface area contributed by atoms with Gasteiger partial charge >= 0.3 is 0 Å². The maximum absolute atomic E-state index is 13.8. The Morgan fingerprint density at radius 3 is 2.34 bits per heavy atom. The maximum atomic E-state index is 13.8. The third kappa shape index (κ3) is 6.66. The molecule has 0 atom stereocenters. The van der Waals surface area contributed by atoms with Gasteiger partial charge in [0, 0.05) is 10.0 Å². The van der Waals surface area contributed by atoms with Gasteiger partial charge in [0.1, 0.15) is 6.61 Å². The van der Waals surface area contributed by atoms with Crippen LogP contribution in [0.5, 0.6) is 11.5 Å². The quantitative estimate of drug-likeness (QED) is 0.151. The minimum Gasteiger partial charge on any atom is -0.490 e. The molecule has 1 fully saturated rings. The highest BCUT2D eigenvalue weighted by Gasteiger charge is 2.35. The Morgan fingerprint density at radius 2 is 1.59 bits per heavy atom. The number of aliphatic imine (C=N–C) groups is 1. The van der Waals surface area contributed by atoms with Gasteiger partial charge in [0.25, 0.3) is 5.91 Å². The Kier molecular flexibility index (Phi) is 9.28. The van der Waals surface area contributed by atoms with Crippen LogP contribution in [0.25, 0.3) is 16.8 Å². The third-order valence-electron chi connectivity index (χ3n) is 6.82. The van der Waals surface area contributed by atoms with Crippen LogP contribution in [-0.2, 0) is 11.4 Å². The van der Waals surface area contributed by atoms with Crippen molar-refractivity contribution >= 4 is 90.2 Å². The van der Waals surface area contributed by atoms with Crippen LogP contribution in [-0.4, -0.2) is 17.7 Å². The molecule has 1 heterocycles. The molecule has 6 rings (SSSR count). The number of ether oxygens (including phenoxy) is 2. The molecule has 5 aromatic rings. The first-order valence-electron chi connectivity index (χ1n) is 13.8. The predicted molar refractivity (Wildman–Crippen MR) is 187 cm³/mol. The molecule has 0 aromatic heterocycles. The van der Waals surface area contributed by atoms with E-state index in [1.165, 1.54) is 11.8 Å². The van der Waals surface area contributed by atoms with E-state index in [-0.39, 0.29) is 5.91 Å². The fourth-order valence-corrected chi connectivity index (χ4v) is 6.61. The lowest BCUT2D eigenvalue weighted by atomic mass is 10.1. The van der Waals surface area contributed by atoms with Crippen LogP contribution in [0.2, 0.25) is 10.0 Å². The molecular formula is C35H25BrCl2N2O3S. The van der Waals surface area contributed by atoms with Crippen LogP contribution >= 0.6 is 50.9 Å². The second-order valence-corrected chi connectivity index (χ2v) is 12.5. The van der Waals surface area contributed by atoms with Crippen molar-refractivity contribution in [2.45, 2.75) is 13.5 Å². The van der Waals surface area contributed by atoms with E-state index in [4.69, 9.17) is 37.7 Å². The Hall–Kier alpha value is -3.75. The average molecular weight is 704 g/mol. The molecular weight excluding hydrogens is 679 g/mol. The van der Waals surface area contributed by atoms with Crippen LogP contribution in [0.4, 0.5) is 11.4 Å². The number of benzene rings is 5. The SMILES string of the molecule is CCOc1cc(/C=C2\SC(=Nc3ccc(Cl)cc3)N(c3ccc(Cl)cc3)C2=O)cc(Br)c1OCc1cccc2ccccc12. The lowest BCUT2D eigenvalue weighted by Crippen LogP contribution is -2.28. The fourth-order valence-electron chi connectivity index (χ4n) is 4.79. The van der Waals surface area contributed by atoms with Crippen molar-refractivity contribution in [1.29, 1.82) is 0 Å². The van der Waals surface area contributed by atoms with E-state index < -0.39 is 0 Å². The van der Waals surface area contributed by atoms with Gasteiger partial charge in [-0.25, -0.2) is 4.99 Å². The molecule has 1 aliphatic rings. The van der Waals surface area contributed by atoms with Gasteiger partial charge in [0.05, 0.1) is 27.4 Å². The second kappa shape index (κ2) is 13.5. The summed E-state index contributed by atoms with van der Waals surface area (Å²) in [7, 11) is 0. The van der Waals surface area contributed by atoms with E-state index in [2.05, 4.69) is 40.2 Å². The lowest BCUT2D eigenvalue weighted by Gasteiger charge is -2.16. The standard InChI is InChI=1S/C35H25BrCl2N2O3S/c1-2-42-31-19-22(18-30(36)33(31)43-21-24-8-5-7-23-6-3-4-9-29(23)24)20-32-34(41)40(28-16-12-26(38)13-17-28)35(44-32)39-27-14-10-25(37)11-15-27/h3-20H,2,21H2,1H3/b32-20-,39-35?. The number of anilines is 1. The zero-order valence-corrected chi connectivity index (χ0v) is 27.4. The smallest absolute Gasteiger partial charge is 0.271 e. The van der Waals surface area contributed by atoms with Crippen molar-refractivity contribution in [2.24, 2.45) is 4.99 Å². The number of rotatable bonds is 8. The molecule has 0 saturated carbocycles. The van der Waals surface area contributed by atoms with E-state index in [1.807, 2.05) is 55.5 Å². The summed E-state index contributed by atoms with van der Waals surface area (Å²) in [5.41, 5.74) is 3.19. The molecule has 0 unspecified atom stereocenters. The number of halogens is 3. The van der Waals surface area contributed by atoms with Crippen molar-refractivity contribution in [3.63, 3.8) is 0 Å². The summed E-state index contributed by atoms with van der Waals surface area (Å²) >= 11 is 17.2. The second-order valence-electron chi connectivity index (χ2n) is 9.79. The Bertz CT molecular complexity index is 1910. The van der Waals surface area contributed by atoms with E-state index in [0.29, 0.717) is 56.2 Å². The minimum absolute atomic E-state index is 0.199. The number of carbonyl (C=O) groups is 1. The molecule has 0 radical (unpaired) electrons. The summed E-state index contributed by atoms with van der Waals surface area (Å²) in [6, 6.07) is 32.5. The monoisotopic (exact) mass is 702 g/mol. The number of nitrogens with zero attached hydrogens (tertiary/aromatic N) is 2. The summed E-state index contributed by atoms with van der Waals surface area (Å²) in [5.74, 6) is 0.976. The summed E-state index contributed by atoms with van der Waals surface area (Å²) in [4.78, 5) is 20.7. The Morgan fingerprint density at radius 1 is 0.886 bits per heavy atom. The molecule has 9 heteroatoms. The molecule has 1 aliphatic heterocycles. The number of carbonyl (C=O) groups excluding carboxylic acids is 1. The van der Waals surface area contributed by atoms with Crippen molar-refractivity contribution in [1.82, 2.24) is 0 Å². The largest absolute Gasteiger partial charge is 0.490 e. The van der Waals surface area contributed by atoms with Gasteiger partial charge < -0.3 is 9.47 Å². The van der Waals surface area contributed by atoms with Crippen LogP contribution in [0.3, 0.4) is 0 Å². The third-order valence-corrected chi connectivity index (χ3v) is 8.89. The highest BCUT2D eigenvalue weighted by atomic mass is 79.9. The van der Waals surface area contributed by atoms with Gasteiger partial charge in [0.15, 0.2) is 16.7 Å². The normalized spacial score (nSPS) is 15.0. The number of hydrogen-bond acceptors (Lipinski definition) is 5. The van der Waals surface area contributed by atoms with Gasteiger partial charge in [-0.05, 0) is 123 Å². The molecule has 0 aliphatic carbocycles. The van der Waals surface area contributed by atoms with E-state index in [1.54, 1.807) is 41.3 Å². The zero-order chi connectivity index (χ0) is 30.6. The molecule has 0 bridgehead atoms. The van der Waals surface area contributed by atoms with Gasteiger partial charge in [-0.3, -0.25) is 9.69 Å². The molecule has 44 heavy (non-hydrogen) atoms. The van der Waals surface area contributed by atoms with Gasteiger partial charge in [0.2, 0.25) is 0 Å². The molecule has 0 N–H and O–H groups in total. The molecule has 220 valence electrons.